The number of para-hydroxylation sites is 1. The topological polar surface area (TPSA) is 59.8 Å². The van der Waals surface area contributed by atoms with Crippen LogP contribution in [0, 0.1) is 0 Å². The van der Waals surface area contributed by atoms with Crippen LogP contribution >= 0.6 is 0 Å². The van der Waals surface area contributed by atoms with Gasteiger partial charge in [-0.25, -0.2) is 0 Å². The van der Waals surface area contributed by atoms with Crippen molar-refractivity contribution in [1.82, 2.24) is 4.90 Å². The molecule has 0 N–H and O–H groups in total. The van der Waals surface area contributed by atoms with E-state index in [0.717, 1.165) is 12.8 Å². The zero-order valence-corrected chi connectivity index (χ0v) is 12.6. The van der Waals surface area contributed by atoms with E-state index in [1.165, 1.54) is 6.07 Å². The first kappa shape index (κ1) is 14.8. The molecule has 5 nitrogen and oxygen atoms in total. The molecule has 0 radical (unpaired) electrons. The van der Waals surface area contributed by atoms with Crippen molar-refractivity contribution in [1.29, 1.82) is 0 Å². The number of morpholine rings is 1. The smallest absolute Gasteiger partial charge is 0.290 e. The van der Waals surface area contributed by atoms with Crippen molar-refractivity contribution in [2.75, 3.05) is 19.8 Å². The number of hydrogen-bond donors (Lipinski definition) is 0. The standard InChI is InChI=1S/C17H19NO4/c1-2-5-12-11-21-9-8-18(12)17(20)16-10-14(19)13-6-3-4-7-15(13)22-16/h3-4,6-7,10,12H,2,5,8-9,11H2,1H3/t12-/m0/s1. The lowest BCUT2D eigenvalue weighted by Gasteiger charge is -2.35. The van der Waals surface area contributed by atoms with Gasteiger partial charge in [0.25, 0.3) is 5.91 Å². The van der Waals surface area contributed by atoms with Gasteiger partial charge in [-0.1, -0.05) is 25.5 Å². The van der Waals surface area contributed by atoms with Gasteiger partial charge in [0.1, 0.15) is 5.58 Å². The van der Waals surface area contributed by atoms with Crippen LogP contribution in [0.5, 0.6) is 0 Å². The molecule has 0 saturated carbocycles. The molecule has 0 unspecified atom stereocenters. The van der Waals surface area contributed by atoms with Crippen LogP contribution in [0.25, 0.3) is 11.0 Å². The van der Waals surface area contributed by atoms with Crippen molar-refractivity contribution in [3.63, 3.8) is 0 Å². The molecule has 5 heteroatoms. The van der Waals surface area contributed by atoms with Crippen LogP contribution in [0.15, 0.2) is 39.5 Å². The Labute approximate surface area is 128 Å². The maximum atomic E-state index is 12.7. The molecule has 1 atom stereocenters. The number of carbonyl (C=O) groups is 1. The predicted octanol–water partition coefficient (Wildman–Crippen LogP) is 2.43. The molecule has 1 saturated heterocycles. The van der Waals surface area contributed by atoms with E-state index in [2.05, 4.69) is 6.92 Å². The number of rotatable bonds is 3. The van der Waals surface area contributed by atoms with E-state index in [0.29, 0.717) is 30.7 Å². The molecule has 1 fully saturated rings. The minimum Gasteiger partial charge on any atom is -0.451 e. The number of carbonyl (C=O) groups excluding carboxylic acids is 1. The molecule has 2 heterocycles. The number of benzene rings is 1. The van der Waals surface area contributed by atoms with Crippen LogP contribution in [0.1, 0.15) is 30.3 Å². The third-order valence-electron chi connectivity index (χ3n) is 3.96. The summed E-state index contributed by atoms with van der Waals surface area (Å²) in [6, 6.07) is 8.31. The molecule has 1 aromatic carbocycles. The fourth-order valence-electron chi connectivity index (χ4n) is 2.85. The summed E-state index contributed by atoms with van der Waals surface area (Å²) in [4.78, 5) is 26.6. The molecular formula is C17H19NO4. The largest absolute Gasteiger partial charge is 0.451 e. The van der Waals surface area contributed by atoms with Gasteiger partial charge < -0.3 is 14.1 Å². The lowest BCUT2D eigenvalue weighted by Crippen LogP contribution is -2.48. The summed E-state index contributed by atoms with van der Waals surface area (Å²) in [5, 5.41) is 0.492. The van der Waals surface area contributed by atoms with E-state index in [-0.39, 0.29) is 23.1 Å². The maximum Gasteiger partial charge on any atom is 0.290 e. The van der Waals surface area contributed by atoms with Gasteiger partial charge in [0.2, 0.25) is 0 Å². The first-order valence-corrected chi connectivity index (χ1v) is 7.62. The minimum atomic E-state index is -0.232. The van der Waals surface area contributed by atoms with Crippen LogP contribution in [-0.2, 0) is 4.74 Å². The lowest BCUT2D eigenvalue weighted by molar-refractivity contribution is -0.00583. The average molecular weight is 301 g/mol. The highest BCUT2D eigenvalue weighted by atomic mass is 16.5. The maximum absolute atomic E-state index is 12.7. The number of nitrogens with zero attached hydrogens (tertiary/aromatic N) is 1. The monoisotopic (exact) mass is 301 g/mol. The molecule has 2 aromatic rings. The highest BCUT2D eigenvalue weighted by Crippen LogP contribution is 2.18. The number of hydrogen-bond acceptors (Lipinski definition) is 4. The third kappa shape index (κ3) is 2.76. The van der Waals surface area contributed by atoms with Crippen molar-refractivity contribution in [3.8, 4) is 0 Å². The van der Waals surface area contributed by atoms with Gasteiger partial charge in [-0.05, 0) is 18.6 Å². The van der Waals surface area contributed by atoms with Crippen molar-refractivity contribution in [3.05, 3.63) is 46.3 Å². The summed E-state index contributed by atoms with van der Waals surface area (Å²) in [7, 11) is 0. The molecule has 0 spiro atoms. The molecule has 0 bridgehead atoms. The van der Waals surface area contributed by atoms with E-state index in [4.69, 9.17) is 9.15 Å². The lowest BCUT2D eigenvalue weighted by atomic mass is 10.1. The highest BCUT2D eigenvalue weighted by Gasteiger charge is 2.29. The molecule has 22 heavy (non-hydrogen) atoms. The van der Waals surface area contributed by atoms with Crippen LogP contribution in [0.4, 0.5) is 0 Å². The van der Waals surface area contributed by atoms with Gasteiger partial charge in [0, 0.05) is 12.6 Å². The second-order valence-corrected chi connectivity index (χ2v) is 5.49. The Morgan fingerprint density at radius 1 is 1.36 bits per heavy atom. The molecule has 1 aliphatic rings. The van der Waals surface area contributed by atoms with Crippen molar-refractivity contribution in [2.45, 2.75) is 25.8 Å². The molecule has 116 valence electrons. The van der Waals surface area contributed by atoms with Crippen LogP contribution in [0.3, 0.4) is 0 Å². The summed E-state index contributed by atoms with van der Waals surface area (Å²) < 4.78 is 11.1. The summed E-state index contributed by atoms with van der Waals surface area (Å²) in [6.45, 7) is 3.66. The molecule has 1 amide bonds. The molecular weight excluding hydrogens is 282 g/mol. The summed E-state index contributed by atoms with van der Waals surface area (Å²) in [5.74, 6) is -0.128. The van der Waals surface area contributed by atoms with E-state index in [1.54, 1.807) is 29.2 Å². The second-order valence-electron chi connectivity index (χ2n) is 5.49. The van der Waals surface area contributed by atoms with Crippen LogP contribution in [0.2, 0.25) is 0 Å². The van der Waals surface area contributed by atoms with Crippen molar-refractivity contribution < 1.29 is 13.9 Å². The van der Waals surface area contributed by atoms with E-state index in [9.17, 15) is 9.59 Å². The van der Waals surface area contributed by atoms with Crippen molar-refractivity contribution in [2.24, 2.45) is 0 Å². The zero-order chi connectivity index (χ0) is 15.5. The van der Waals surface area contributed by atoms with E-state index < -0.39 is 0 Å². The average Bonchev–Trinajstić information content (AvgIpc) is 2.55. The Balaban J connectivity index is 1.95. The van der Waals surface area contributed by atoms with E-state index >= 15 is 0 Å². The van der Waals surface area contributed by atoms with Gasteiger partial charge in [0.05, 0.1) is 24.6 Å². The molecule has 0 aliphatic carbocycles. The SMILES string of the molecule is CCC[C@H]1COCCN1C(=O)c1cc(=O)c2ccccc2o1. The Morgan fingerprint density at radius 3 is 3.00 bits per heavy atom. The highest BCUT2D eigenvalue weighted by molar-refractivity contribution is 5.93. The predicted molar refractivity (Wildman–Crippen MR) is 83.0 cm³/mol. The van der Waals surface area contributed by atoms with Gasteiger partial charge in [-0.3, -0.25) is 9.59 Å². The fourth-order valence-corrected chi connectivity index (χ4v) is 2.85. The quantitative estimate of drug-likeness (QED) is 0.873. The van der Waals surface area contributed by atoms with Gasteiger partial charge in [-0.2, -0.15) is 0 Å². The Morgan fingerprint density at radius 2 is 2.18 bits per heavy atom. The number of ether oxygens (including phenoxy) is 1. The number of fused-ring (bicyclic) bond motifs is 1. The Hall–Kier alpha value is -2.14. The summed E-state index contributed by atoms with van der Waals surface area (Å²) >= 11 is 0. The fraction of sp³-hybridized carbons (Fsp3) is 0.412. The van der Waals surface area contributed by atoms with Gasteiger partial charge >= 0.3 is 0 Å². The molecule has 1 aliphatic heterocycles. The van der Waals surface area contributed by atoms with E-state index in [1.807, 2.05) is 0 Å². The molecule has 1 aromatic heterocycles. The summed E-state index contributed by atoms with van der Waals surface area (Å²) in [5.41, 5.74) is 0.254. The second kappa shape index (κ2) is 6.32. The van der Waals surface area contributed by atoms with Crippen molar-refractivity contribution >= 4 is 16.9 Å². The van der Waals surface area contributed by atoms with Crippen LogP contribution < -0.4 is 5.43 Å². The zero-order valence-electron chi connectivity index (χ0n) is 12.6. The first-order chi connectivity index (χ1) is 10.7. The van der Waals surface area contributed by atoms with Crippen LogP contribution in [-0.4, -0.2) is 36.6 Å². The number of amides is 1. The third-order valence-corrected chi connectivity index (χ3v) is 3.96. The molecule has 3 rings (SSSR count). The normalized spacial score (nSPS) is 18.6. The Kier molecular flexibility index (Phi) is 4.24. The first-order valence-electron chi connectivity index (χ1n) is 7.62. The summed E-state index contributed by atoms with van der Waals surface area (Å²) in [6.07, 6.45) is 1.85. The minimum absolute atomic E-state index is 0.0445. The Bertz CT molecular complexity index is 735. The van der Waals surface area contributed by atoms with Gasteiger partial charge in [0.15, 0.2) is 11.2 Å². The van der Waals surface area contributed by atoms with Gasteiger partial charge in [-0.15, -0.1) is 0 Å².